The van der Waals surface area contributed by atoms with Gasteiger partial charge < -0.3 is 4.98 Å². The second kappa shape index (κ2) is 5.68. The van der Waals surface area contributed by atoms with E-state index < -0.39 is 10.0 Å². The molecular formula is C15H14Cl2N4O2S. The highest BCUT2D eigenvalue weighted by Gasteiger charge is 2.26. The molecule has 1 aliphatic carbocycles. The maximum Gasteiger partial charge on any atom is 0.264 e. The number of hydrogen-bond acceptors (Lipinski definition) is 3. The predicted molar refractivity (Wildman–Crippen MR) is 94.2 cm³/mol. The largest absolute Gasteiger partial charge is 0.360 e. The van der Waals surface area contributed by atoms with E-state index in [2.05, 4.69) is 14.8 Å². The Hall–Kier alpha value is -1.70. The topological polar surface area (TPSA) is 79.8 Å². The summed E-state index contributed by atoms with van der Waals surface area (Å²) in [4.78, 5) is 3.06. The van der Waals surface area contributed by atoms with Crippen molar-refractivity contribution in [1.82, 2.24) is 14.8 Å². The van der Waals surface area contributed by atoms with Crippen molar-refractivity contribution in [3.63, 3.8) is 0 Å². The summed E-state index contributed by atoms with van der Waals surface area (Å²) in [6.07, 6.45) is 6.05. The number of rotatable bonds is 4. The van der Waals surface area contributed by atoms with Crippen molar-refractivity contribution < 1.29 is 8.42 Å². The number of benzene rings is 1. The Morgan fingerprint density at radius 1 is 1.29 bits per heavy atom. The Morgan fingerprint density at radius 2 is 2.08 bits per heavy atom. The molecule has 1 aliphatic rings. The molecule has 2 aromatic heterocycles. The average molecular weight is 385 g/mol. The molecule has 24 heavy (non-hydrogen) atoms. The number of hydrogen-bond donors (Lipinski definition) is 2. The van der Waals surface area contributed by atoms with Crippen LogP contribution in [0.3, 0.4) is 0 Å². The standard InChI is InChI=1S/C15H14Cl2N4O2S/c16-9-4-5-11-12(6-9)18-8-14(11)24(22,23)20-13-7-19-21(15(13)17)10-2-1-3-10/h4-8,10,18,20H,1-3H2. The lowest BCUT2D eigenvalue weighted by Crippen LogP contribution is -2.18. The highest BCUT2D eigenvalue weighted by atomic mass is 35.5. The van der Waals surface area contributed by atoms with Crippen molar-refractivity contribution in [1.29, 1.82) is 0 Å². The van der Waals surface area contributed by atoms with E-state index in [1.54, 1.807) is 22.9 Å². The summed E-state index contributed by atoms with van der Waals surface area (Å²) < 4.78 is 29.6. The molecule has 4 rings (SSSR count). The van der Waals surface area contributed by atoms with E-state index in [1.165, 1.54) is 12.4 Å². The van der Waals surface area contributed by atoms with E-state index in [9.17, 15) is 8.42 Å². The SMILES string of the molecule is O=S(=O)(Nc1cnn(C2CCC2)c1Cl)c1c[nH]c2cc(Cl)ccc12. The zero-order valence-electron chi connectivity index (χ0n) is 12.5. The fourth-order valence-electron chi connectivity index (χ4n) is 2.80. The Balaban J connectivity index is 1.69. The first kappa shape index (κ1) is 15.8. The molecule has 1 aromatic carbocycles. The highest BCUT2D eigenvalue weighted by molar-refractivity contribution is 7.93. The molecule has 0 atom stereocenters. The summed E-state index contributed by atoms with van der Waals surface area (Å²) in [5.74, 6) is 0. The number of aromatic amines is 1. The van der Waals surface area contributed by atoms with Crippen molar-refractivity contribution in [3.05, 3.63) is 40.8 Å². The third-order valence-electron chi connectivity index (χ3n) is 4.29. The third-order valence-corrected chi connectivity index (χ3v) is 6.31. The van der Waals surface area contributed by atoms with Crippen molar-refractivity contribution >= 4 is 49.8 Å². The van der Waals surface area contributed by atoms with Gasteiger partial charge in [0, 0.05) is 22.1 Å². The zero-order valence-corrected chi connectivity index (χ0v) is 14.8. The first-order valence-electron chi connectivity index (χ1n) is 7.48. The Kier molecular flexibility index (Phi) is 3.74. The summed E-state index contributed by atoms with van der Waals surface area (Å²) in [6, 6.07) is 5.25. The molecule has 6 nitrogen and oxygen atoms in total. The van der Waals surface area contributed by atoms with E-state index in [1.807, 2.05) is 0 Å². The van der Waals surface area contributed by atoms with Gasteiger partial charge in [-0.3, -0.25) is 4.72 Å². The van der Waals surface area contributed by atoms with Gasteiger partial charge in [-0.15, -0.1) is 0 Å². The van der Waals surface area contributed by atoms with E-state index in [4.69, 9.17) is 23.2 Å². The zero-order chi connectivity index (χ0) is 16.9. The number of nitrogens with zero attached hydrogens (tertiary/aromatic N) is 2. The number of H-pyrrole nitrogens is 1. The summed E-state index contributed by atoms with van der Waals surface area (Å²) in [5, 5.41) is 5.62. The molecule has 0 unspecified atom stereocenters. The van der Waals surface area contributed by atoms with Crippen LogP contribution in [0.4, 0.5) is 5.69 Å². The van der Waals surface area contributed by atoms with E-state index in [-0.39, 0.29) is 16.6 Å². The van der Waals surface area contributed by atoms with Crippen LogP contribution in [0.1, 0.15) is 25.3 Å². The molecule has 2 heterocycles. The molecule has 9 heteroatoms. The molecule has 0 bridgehead atoms. The van der Waals surface area contributed by atoms with Gasteiger partial charge in [0.2, 0.25) is 0 Å². The maximum absolute atomic E-state index is 12.7. The summed E-state index contributed by atoms with van der Waals surface area (Å²) >= 11 is 12.2. The van der Waals surface area contributed by atoms with Gasteiger partial charge >= 0.3 is 0 Å². The third kappa shape index (κ3) is 2.56. The van der Waals surface area contributed by atoms with Gasteiger partial charge in [-0.25, -0.2) is 13.1 Å². The van der Waals surface area contributed by atoms with Crippen LogP contribution in [0.25, 0.3) is 10.9 Å². The van der Waals surface area contributed by atoms with Gasteiger partial charge in [-0.05, 0) is 37.5 Å². The van der Waals surface area contributed by atoms with Crippen LogP contribution in [0.5, 0.6) is 0 Å². The molecule has 0 saturated heterocycles. The van der Waals surface area contributed by atoms with Gasteiger partial charge in [-0.2, -0.15) is 5.10 Å². The van der Waals surface area contributed by atoms with E-state index >= 15 is 0 Å². The Morgan fingerprint density at radius 3 is 2.79 bits per heavy atom. The number of halogens is 2. The van der Waals surface area contributed by atoms with E-state index in [0.717, 1.165) is 19.3 Å². The van der Waals surface area contributed by atoms with Crippen molar-refractivity contribution in [3.8, 4) is 0 Å². The van der Waals surface area contributed by atoms with Crippen molar-refractivity contribution in [2.45, 2.75) is 30.2 Å². The summed E-state index contributed by atoms with van der Waals surface area (Å²) in [6.45, 7) is 0. The molecule has 0 spiro atoms. The Labute approximate surface area is 148 Å². The molecule has 2 N–H and O–H groups in total. The van der Waals surface area contributed by atoms with Crippen molar-refractivity contribution in [2.24, 2.45) is 0 Å². The lowest BCUT2D eigenvalue weighted by atomic mass is 9.93. The molecule has 1 saturated carbocycles. The van der Waals surface area contributed by atoms with Gasteiger partial charge in [0.15, 0.2) is 5.15 Å². The highest BCUT2D eigenvalue weighted by Crippen LogP contribution is 2.36. The molecule has 0 aliphatic heterocycles. The molecule has 3 aromatic rings. The normalized spacial score (nSPS) is 15.6. The van der Waals surface area contributed by atoms with Crippen LogP contribution in [-0.4, -0.2) is 23.2 Å². The van der Waals surface area contributed by atoms with Crippen LogP contribution >= 0.6 is 23.2 Å². The number of fused-ring (bicyclic) bond motifs is 1. The minimum Gasteiger partial charge on any atom is -0.360 e. The summed E-state index contributed by atoms with van der Waals surface area (Å²) in [5.41, 5.74) is 0.936. The van der Waals surface area contributed by atoms with Gasteiger partial charge in [0.25, 0.3) is 10.0 Å². The first-order chi connectivity index (χ1) is 11.5. The monoisotopic (exact) mass is 384 g/mol. The minimum absolute atomic E-state index is 0.140. The smallest absolute Gasteiger partial charge is 0.264 e. The molecule has 0 amide bonds. The predicted octanol–water partition coefficient (Wildman–Crippen LogP) is 4.20. The van der Waals surface area contributed by atoms with Crippen molar-refractivity contribution in [2.75, 3.05) is 4.72 Å². The molecule has 126 valence electrons. The van der Waals surface area contributed by atoms with Gasteiger partial charge in [0.1, 0.15) is 10.6 Å². The van der Waals surface area contributed by atoms with E-state index in [0.29, 0.717) is 21.1 Å². The van der Waals surface area contributed by atoms with Crippen LogP contribution in [0.2, 0.25) is 10.2 Å². The lowest BCUT2D eigenvalue weighted by Gasteiger charge is -2.26. The molecule has 1 fully saturated rings. The minimum atomic E-state index is -3.80. The number of nitrogens with one attached hydrogen (secondary N) is 2. The molecular weight excluding hydrogens is 371 g/mol. The fraction of sp³-hybridized carbons (Fsp3) is 0.267. The van der Waals surface area contributed by atoms with Gasteiger partial charge in [0.05, 0.1) is 12.2 Å². The Bertz CT molecular complexity index is 1020. The number of aromatic nitrogens is 3. The second-order valence-corrected chi connectivity index (χ2v) is 8.27. The maximum atomic E-state index is 12.7. The van der Waals surface area contributed by atoms with Crippen LogP contribution in [-0.2, 0) is 10.0 Å². The number of anilines is 1. The second-order valence-electron chi connectivity index (χ2n) is 5.83. The fourth-order valence-corrected chi connectivity index (χ4v) is 4.53. The van der Waals surface area contributed by atoms with Crippen LogP contribution < -0.4 is 4.72 Å². The average Bonchev–Trinajstić information content (AvgIpc) is 3.03. The quantitative estimate of drug-likeness (QED) is 0.707. The van der Waals surface area contributed by atoms with Crippen LogP contribution in [0, 0.1) is 0 Å². The first-order valence-corrected chi connectivity index (χ1v) is 9.72. The molecule has 0 radical (unpaired) electrons. The summed E-state index contributed by atoms with van der Waals surface area (Å²) in [7, 11) is -3.80. The lowest BCUT2D eigenvalue weighted by molar-refractivity contribution is 0.290. The van der Waals surface area contributed by atoms with Gasteiger partial charge in [-0.1, -0.05) is 23.2 Å². The number of sulfonamides is 1. The van der Waals surface area contributed by atoms with Crippen LogP contribution in [0.15, 0.2) is 35.5 Å².